The molecule has 0 spiro atoms. The minimum atomic E-state index is -4.40. The van der Waals surface area contributed by atoms with Crippen LogP contribution in [-0.2, 0) is 17.4 Å². The van der Waals surface area contributed by atoms with Crippen LogP contribution in [0, 0.1) is 11.8 Å². The third-order valence-electron chi connectivity index (χ3n) is 4.15. The standard InChI is InChI=1S/C24H16ClF3O4/c25-20-7-2-8-21(23(20)32-19-6-1-4-17(14-19)15-22(29)30)31-13-3-5-16-9-11-18(12-10-16)24(26,27)28/h1-2,4,6-12,14H,13,15H2,(H,29,30). The molecule has 0 aliphatic rings. The topological polar surface area (TPSA) is 55.8 Å². The summed E-state index contributed by atoms with van der Waals surface area (Å²) in [7, 11) is 0. The Morgan fingerprint density at radius 3 is 2.44 bits per heavy atom. The largest absolute Gasteiger partial charge is 0.481 e. The number of ether oxygens (including phenoxy) is 2. The molecule has 0 fully saturated rings. The molecule has 0 aliphatic carbocycles. The zero-order valence-electron chi connectivity index (χ0n) is 16.4. The van der Waals surface area contributed by atoms with Crippen molar-refractivity contribution >= 4 is 17.6 Å². The first-order valence-corrected chi connectivity index (χ1v) is 9.66. The minimum absolute atomic E-state index is 0.0588. The van der Waals surface area contributed by atoms with Gasteiger partial charge in [-0.2, -0.15) is 13.2 Å². The molecule has 164 valence electrons. The van der Waals surface area contributed by atoms with Gasteiger partial charge in [0.1, 0.15) is 12.4 Å². The first-order valence-electron chi connectivity index (χ1n) is 9.28. The molecule has 8 heteroatoms. The third-order valence-corrected chi connectivity index (χ3v) is 4.45. The SMILES string of the molecule is O=C(O)Cc1cccc(Oc2c(Cl)cccc2OCC#Cc2ccc(C(F)(F)F)cc2)c1. The first kappa shape index (κ1) is 23.0. The van der Waals surface area contributed by atoms with Gasteiger partial charge in [0.05, 0.1) is 17.0 Å². The second kappa shape index (κ2) is 10.1. The van der Waals surface area contributed by atoms with Gasteiger partial charge in [-0.05, 0) is 54.1 Å². The van der Waals surface area contributed by atoms with E-state index in [1.807, 2.05) is 0 Å². The Morgan fingerprint density at radius 2 is 1.75 bits per heavy atom. The lowest BCUT2D eigenvalue weighted by atomic mass is 10.1. The average molecular weight is 461 g/mol. The van der Waals surface area contributed by atoms with E-state index in [4.69, 9.17) is 26.2 Å². The number of carbonyl (C=O) groups is 1. The number of aliphatic carboxylic acids is 1. The summed E-state index contributed by atoms with van der Waals surface area (Å²) < 4.78 is 49.3. The number of halogens is 4. The van der Waals surface area contributed by atoms with Crippen molar-refractivity contribution in [1.29, 1.82) is 0 Å². The van der Waals surface area contributed by atoms with Crippen molar-refractivity contribution in [1.82, 2.24) is 0 Å². The van der Waals surface area contributed by atoms with Crippen LogP contribution in [0.4, 0.5) is 13.2 Å². The molecule has 0 radical (unpaired) electrons. The van der Waals surface area contributed by atoms with E-state index in [1.54, 1.807) is 42.5 Å². The highest BCUT2D eigenvalue weighted by atomic mass is 35.5. The number of hydrogen-bond donors (Lipinski definition) is 1. The maximum Gasteiger partial charge on any atom is 0.416 e. The Balaban J connectivity index is 1.70. The van der Waals surface area contributed by atoms with Gasteiger partial charge in [0.2, 0.25) is 0 Å². The highest BCUT2D eigenvalue weighted by Gasteiger charge is 2.29. The van der Waals surface area contributed by atoms with Gasteiger partial charge in [-0.3, -0.25) is 4.79 Å². The summed E-state index contributed by atoms with van der Waals surface area (Å²) >= 11 is 6.24. The highest BCUT2D eigenvalue weighted by molar-refractivity contribution is 6.32. The summed E-state index contributed by atoms with van der Waals surface area (Å²) in [5, 5.41) is 9.22. The van der Waals surface area contributed by atoms with E-state index in [1.165, 1.54) is 12.1 Å². The number of hydrogen-bond acceptors (Lipinski definition) is 3. The van der Waals surface area contributed by atoms with E-state index >= 15 is 0 Å². The highest BCUT2D eigenvalue weighted by Crippen LogP contribution is 2.38. The summed E-state index contributed by atoms with van der Waals surface area (Å²) in [5.74, 6) is 5.43. The van der Waals surface area contributed by atoms with Crippen molar-refractivity contribution in [3.63, 3.8) is 0 Å². The van der Waals surface area contributed by atoms with Crippen LogP contribution in [0.1, 0.15) is 16.7 Å². The van der Waals surface area contributed by atoms with Gasteiger partial charge in [0, 0.05) is 5.56 Å². The average Bonchev–Trinajstić information content (AvgIpc) is 2.73. The lowest BCUT2D eigenvalue weighted by Crippen LogP contribution is -2.04. The van der Waals surface area contributed by atoms with Crippen LogP contribution in [0.2, 0.25) is 5.02 Å². The smallest absolute Gasteiger partial charge is 0.416 e. The monoisotopic (exact) mass is 460 g/mol. The Morgan fingerprint density at radius 1 is 1.03 bits per heavy atom. The molecule has 0 saturated heterocycles. The minimum Gasteiger partial charge on any atom is -0.481 e. The van der Waals surface area contributed by atoms with E-state index in [9.17, 15) is 18.0 Å². The Kier molecular flexibility index (Phi) is 7.29. The van der Waals surface area contributed by atoms with Crippen molar-refractivity contribution in [3.8, 4) is 29.1 Å². The van der Waals surface area contributed by atoms with Gasteiger partial charge in [-0.15, -0.1) is 0 Å². The fourth-order valence-corrected chi connectivity index (χ4v) is 2.91. The van der Waals surface area contributed by atoms with Gasteiger partial charge in [-0.1, -0.05) is 41.6 Å². The quantitative estimate of drug-likeness (QED) is 0.444. The molecule has 0 aliphatic heterocycles. The second-order valence-corrected chi connectivity index (χ2v) is 6.96. The maximum absolute atomic E-state index is 12.6. The number of rotatable bonds is 6. The van der Waals surface area contributed by atoms with Crippen molar-refractivity contribution in [3.05, 3.63) is 88.4 Å². The van der Waals surface area contributed by atoms with E-state index in [0.717, 1.165) is 12.1 Å². The number of carboxylic acids is 1. The van der Waals surface area contributed by atoms with Crippen molar-refractivity contribution in [2.24, 2.45) is 0 Å². The Hall–Kier alpha value is -3.63. The predicted octanol–water partition coefficient (Wildman–Crippen LogP) is 6.21. The summed E-state index contributed by atoms with van der Waals surface area (Å²) in [6.45, 7) is -0.0588. The van der Waals surface area contributed by atoms with Crippen LogP contribution in [-0.4, -0.2) is 17.7 Å². The van der Waals surface area contributed by atoms with Crippen LogP contribution < -0.4 is 9.47 Å². The first-order chi connectivity index (χ1) is 15.2. The van der Waals surface area contributed by atoms with Crippen molar-refractivity contribution in [2.45, 2.75) is 12.6 Å². The molecule has 0 amide bonds. The van der Waals surface area contributed by atoms with Crippen molar-refractivity contribution in [2.75, 3.05) is 6.61 Å². The molecule has 3 rings (SSSR count). The summed E-state index contributed by atoms with van der Waals surface area (Å²) in [4.78, 5) is 10.9. The molecule has 0 unspecified atom stereocenters. The molecule has 0 saturated carbocycles. The van der Waals surface area contributed by atoms with E-state index in [2.05, 4.69) is 11.8 Å². The molecule has 0 atom stereocenters. The third kappa shape index (κ3) is 6.43. The lowest BCUT2D eigenvalue weighted by Gasteiger charge is -2.13. The van der Waals surface area contributed by atoms with Crippen molar-refractivity contribution < 1.29 is 32.5 Å². The van der Waals surface area contributed by atoms with Crippen LogP contribution in [0.25, 0.3) is 0 Å². The summed E-state index contributed by atoms with van der Waals surface area (Å²) in [5.41, 5.74) is 0.235. The number of carboxylic acid groups (broad SMARTS) is 1. The number of para-hydroxylation sites is 1. The molecule has 4 nitrogen and oxygen atoms in total. The number of benzene rings is 3. The van der Waals surface area contributed by atoms with Gasteiger partial charge in [0.15, 0.2) is 11.5 Å². The zero-order chi connectivity index (χ0) is 23.1. The molecular formula is C24H16ClF3O4. The molecule has 0 bridgehead atoms. The molecular weight excluding hydrogens is 445 g/mol. The molecule has 0 heterocycles. The van der Waals surface area contributed by atoms with Crippen LogP contribution in [0.5, 0.6) is 17.2 Å². The van der Waals surface area contributed by atoms with Gasteiger partial charge >= 0.3 is 12.1 Å². The normalized spacial score (nSPS) is 10.8. The van der Waals surface area contributed by atoms with Crippen LogP contribution in [0.3, 0.4) is 0 Å². The van der Waals surface area contributed by atoms with Gasteiger partial charge in [-0.25, -0.2) is 0 Å². The van der Waals surface area contributed by atoms with E-state index in [-0.39, 0.29) is 23.8 Å². The summed E-state index contributed by atoms with van der Waals surface area (Å²) in [6.07, 6.45) is -4.55. The van der Waals surface area contributed by atoms with Crippen LogP contribution >= 0.6 is 11.6 Å². The van der Waals surface area contributed by atoms with Gasteiger partial charge in [0.25, 0.3) is 0 Å². The zero-order valence-corrected chi connectivity index (χ0v) is 17.2. The maximum atomic E-state index is 12.6. The van der Waals surface area contributed by atoms with Crippen LogP contribution in [0.15, 0.2) is 66.7 Å². The fraction of sp³-hybridized carbons (Fsp3) is 0.125. The number of alkyl halides is 3. The fourth-order valence-electron chi connectivity index (χ4n) is 2.71. The molecule has 3 aromatic carbocycles. The van der Waals surface area contributed by atoms with Gasteiger partial charge < -0.3 is 14.6 Å². The molecule has 3 aromatic rings. The van der Waals surface area contributed by atoms with E-state index in [0.29, 0.717) is 22.6 Å². The Bertz CT molecular complexity index is 1160. The summed E-state index contributed by atoms with van der Waals surface area (Å²) in [6, 6.07) is 16.0. The molecule has 1 N–H and O–H groups in total. The second-order valence-electron chi connectivity index (χ2n) is 6.55. The van der Waals surface area contributed by atoms with E-state index < -0.39 is 17.7 Å². The Labute approximate surface area is 187 Å². The molecule has 0 aromatic heterocycles. The molecule has 32 heavy (non-hydrogen) atoms. The predicted molar refractivity (Wildman–Crippen MR) is 113 cm³/mol. The lowest BCUT2D eigenvalue weighted by molar-refractivity contribution is -0.138.